The van der Waals surface area contributed by atoms with E-state index in [1.165, 1.54) is 25.9 Å². The molecular weight excluding hydrogens is 162 g/mol. The number of hydrogen-bond donors (Lipinski definition) is 0. The molecule has 0 bridgehead atoms. The van der Waals surface area contributed by atoms with E-state index in [4.69, 9.17) is 4.74 Å². The Balaban J connectivity index is 1.92. The van der Waals surface area contributed by atoms with Gasteiger partial charge >= 0.3 is 0 Å². The first kappa shape index (κ1) is 9.22. The maximum atomic E-state index is 5.77. The van der Waals surface area contributed by atoms with Gasteiger partial charge in [-0.15, -0.1) is 0 Å². The van der Waals surface area contributed by atoms with Crippen LogP contribution in [0.5, 0.6) is 0 Å². The minimum atomic E-state index is 0.116. The lowest BCUT2D eigenvalue weighted by Crippen LogP contribution is -2.46. The highest BCUT2D eigenvalue weighted by Gasteiger charge is 2.35. The molecule has 0 aromatic rings. The number of nitrogens with zero attached hydrogens (tertiary/aromatic N) is 1. The van der Waals surface area contributed by atoms with E-state index in [1.54, 1.807) is 0 Å². The standard InChI is InChI=1S/C11H19NO/c1-10(2)12-7-5-11(6-8-12)4-3-9-13-11/h3-4,10H,5-9H2,1-2H3. The van der Waals surface area contributed by atoms with Gasteiger partial charge in [-0.3, -0.25) is 0 Å². The molecule has 13 heavy (non-hydrogen) atoms. The van der Waals surface area contributed by atoms with Crippen molar-refractivity contribution in [1.29, 1.82) is 0 Å². The number of rotatable bonds is 1. The molecule has 0 saturated carbocycles. The predicted octanol–water partition coefficient (Wildman–Crippen LogP) is 1.82. The van der Waals surface area contributed by atoms with Gasteiger partial charge in [0, 0.05) is 19.1 Å². The minimum absolute atomic E-state index is 0.116. The van der Waals surface area contributed by atoms with Gasteiger partial charge in [-0.2, -0.15) is 0 Å². The molecule has 0 amide bonds. The smallest absolute Gasteiger partial charge is 0.0891 e. The van der Waals surface area contributed by atoms with Crippen LogP contribution in [0.3, 0.4) is 0 Å². The molecule has 2 heterocycles. The number of likely N-dealkylation sites (tertiary alicyclic amines) is 1. The zero-order valence-corrected chi connectivity index (χ0v) is 8.62. The highest BCUT2D eigenvalue weighted by molar-refractivity contribution is 5.09. The van der Waals surface area contributed by atoms with Crippen LogP contribution in [0.25, 0.3) is 0 Å². The molecule has 0 unspecified atom stereocenters. The molecule has 0 aromatic heterocycles. The second-order valence-corrected chi connectivity index (χ2v) is 4.41. The van der Waals surface area contributed by atoms with Crippen LogP contribution in [-0.2, 0) is 4.74 Å². The van der Waals surface area contributed by atoms with Crippen LogP contribution in [0.2, 0.25) is 0 Å². The van der Waals surface area contributed by atoms with E-state index in [0.29, 0.717) is 6.04 Å². The lowest BCUT2D eigenvalue weighted by molar-refractivity contribution is -0.0287. The van der Waals surface area contributed by atoms with E-state index in [-0.39, 0.29) is 5.60 Å². The molecule has 0 radical (unpaired) electrons. The Bertz CT molecular complexity index is 202. The van der Waals surface area contributed by atoms with Crippen molar-refractivity contribution in [3.8, 4) is 0 Å². The van der Waals surface area contributed by atoms with Gasteiger partial charge in [-0.1, -0.05) is 12.2 Å². The van der Waals surface area contributed by atoms with Crippen LogP contribution in [-0.4, -0.2) is 36.2 Å². The van der Waals surface area contributed by atoms with E-state index in [1.807, 2.05) is 0 Å². The summed E-state index contributed by atoms with van der Waals surface area (Å²) in [5, 5.41) is 0. The molecule has 2 rings (SSSR count). The van der Waals surface area contributed by atoms with E-state index in [9.17, 15) is 0 Å². The Hall–Kier alpha value is -0.340. The average Bonchev–Trinajstić information content (AvgIpc) is 2.54. The van der Waals surface area contributed by atoms with Crippen molar-refractivity contribution in [2.75, 3.05) is 19.7 Å². The fraction of sp³-hybridized carbons (Fsp3) is 0.818. The third-order valence-electron chi connectivity index (χ3n) is 3.26. The highest BCUT2D eigenvalue weighted by Crippen LogP contribution is 2.31. The molecule has 0 aromatic carbocycles. The molecule has 2 aliphatic heterocycles. The van der Waals surface area contributed by atoms with Crippen LogP contribution in [0.1, 0.15) is 26.7 Å². The maximum Gasteiger partial charge on any atom is 0.0891 e. The Morgan fingerprint density at radius 2 is 2.00 bits per heavy atom. The quantitative estimate of drug-likeness (QED) is 0.572. The van der Waals surface area contributed by atoms with Gasteiger partial charge in [0.15, 0.2) is 0 Å². The van der Waals surface area contributed by atoms with Crippen molar-refractivity contribution < 1.29 is 4.74 Å². The van der Waals surface area contributed by atoms with Crippen LogP contribution >= 0.6 is 0 Å². The van der Waals surface area contributed by atoms with E-state index in [0.717, 1.165) is 6.61 Å². The molecule has 74 valence electrons. The lowest BCUT2D eigenvalue weighted by Gasteiger charge is -2.39. The summed E-state index contributed by atoms with van der Waals surface area (Å²) in [6, 6.07) is 0.683. The van der Waals surface area contributed by atoms with Gasteiger partial charge in [0.2, 0.25) is 0 Å². The molecule has 1 fully saturated rings. The van der Waals surface area contributed by atoms with Crippen molar-refractivity contribution in [3.63, 3.8) is 0 Å². The Labute approximate surface area is 80.6 Å². The molecule has 0 atom stereocenters. The maximum absolute atomic E-state index is 5.77. The van der Waals surface area contributed by atoms with E-state index < -0.39 is 0 Å². The summed E-state index contributed by atoms with van der Waals surface area (Å²) in [6.45, 7) is 7.72. The summed E-state index contributed by atoms with van der Waals surface area (Å²) >= 11 is 0. The number of ether oxygens (including phenoxy) is 1. The summed E-state index contributed by atoms with van der Waals surface area (Å²) in [5.74, 6) is 0. The van der Waals surface area contributed by atoms with Crippen LogP contribution in [0, 0.1) is 0 Å². The average molecular weight is 181 g/mol. The number of piperidine rings is 1. The van der Waals surface area contributed by atoms with Crippen molar-refractivity contribution in [3.05, 3.63) is 12.2 Å². The van der Waals surface area contributed by atoms with Crippen LogP contribution in [0.4, 0.5) is 0 Å². The first-order valence-electron chi connectivity index (χ1n) is 5.28. The van der Waals surface area contributed by atoms with Crippen molar-refractivity contribution in [2.45, 2.75) is 38.3 Å². The largest absolute Gasteiger partial charge is 0.367 e. The second kappa shape index (κ2) is 3.43. The van der Waals surface area contributed by atoms with Crippen LogP contribution in [0.15, 0.2) is 12.2 Å². The fourth-order valence-corrected chi connectivity index (χ4v) is 2.25. The Morgan fingerprint density at radius 1 is 1.31 bits per heavy atom. The molecule has 0 aliphatic carbocycles. The third-order valence-corrected chi connectivity index (χ3v) is 3.26. The van der Waals surface area contributed by atoms with Gasteiger partial charge < -0.3 is 9.64 Å². The normalized spacial score (nSPS) is 27.6. The van der Waals surface area contributed by atoms with E-state index in [2.05, 4.69) is 30.9 Å². The van der Waals surface area contributed by atoms with Crippen LogP contribution < -0.4 is 0 Å². The topological polar surface area (TPSA) is 12.5 Å². The second-order valence-electron chi connectivity index (χ2n) is 4.41. The molecule has 1 saturated heterocycles. The number of hydrogen-bond acceptors (Lipinski definition) is 2. The van der Waals surface area contributed by atoms with Gasteiger partial charge in [-0.25, -0.2) is 0 Å². The highest BCUT2D eigenvalue weighted by atomic mass is 16.5. The van der Waals surface area contributed by atoms with Crippen molar-refractivity contribution in [2.24, 2.45) is 0 Å². The SMILES string of the molecule is CC(C)N1CCC2(C=CCO2)CC1. The summed E-state index contributed by atoms with van der Waals surface area (Å²) in [5.41, 5.74) is 0.116. The van der Waals surface area contributed by atoms with E-state index >= 15 is 0 Å². The first-order valence-corrected chi connectivity index (χ1v) is 5.28. The van der Waals surface area contributed by atoms with Gasteiger partial charge in [0.1, 0.15) is 0 Å². The molecule has 2 nitrogen and oxygen atoms in total. The minimum Gasteiger partial charge on any atom is -0.367 e. The molecule has 0 N–H and O–H groups in total. The molecule has 2 aliphatic rings. The fourth-order valence-electron chi connectivity index (χ4n) is 2.25. The first-order chi connectivity index (χ1) is 6.22. The Morgan fingerprint density at radius 3 is 2.46 bits per heavy atom. The predicted molar refractivity (Wildman–Crippen MR) is 53.8 cm³/mol. The lowest BCUT2D eigenvalue weighted by atomic mass is 9.91. The summed E-state index contributed by atoms with van der Waals surface area (Å²) in [6.07, 6.45) is 6.76. The summed E-state index contributed by atoms with van der Waals surface area (Å²) < 4.78 is 5.77. The molecular formula is C11H19NO. The van der Waals surface area contributed by atoms with Gasteiger partial charge in [0.05, 0.1) is 12.2 Å². The van der Waals surface area contributed by atoms with Crippen molar-refractivity contribution in [1.82, 2.24) is 4.90 Å². The van der Waals surface area contributed by atoms with Gasteiger partial charge in [0.25, 0.3) is 0 Å². The Kier molecular flexibility index (Phi) is 2.43. The zero-order chi connectivity index (χ0) is 9.31. The third kappa shape index (κ3) is 1.79. The summed E-state index contributed by atoms with van der Waals surface area (Å²) in [7, 11) is 0. The van der Waals surface area contributed by atoms with Crippen molar-refractivity contribution >= 4 is 0 Å². The zero-order valence-electron chi connectivity index (χ0n) is 8.62. The van der Waals surface area contributed by atoms with Gasteiger partial charge in [-0.05, 0) is 26.7 Å². The molecule has 1 spiro atoms. The molecule has 2 heteroatoms. The summed E-state index contributed by atoms with van der Waals surface area (Å²) in [4.78, 5) is 2.53. The monoisotopic (exact) mass is 181 g/mol.